The van der Waals surface area contributed by atoms with Crippen LogP contribution in [0.4, 0.5) is 0 Å². The predicted molar refractivity (Wildman–Crippen MR) is 120 cm³/mol. The summed E-state index contributed by atoms with van der Waals surface area (Å²) in [5.74, 6) is -0.101. The molecule has 0 atom stereocenters. The first-order valence-corrected chi connectivity index (χ1v) is 10.5. The van der Waals surface area contributed by atoms with Gasteiger partial charge in [0.1, 0.15) is 0 Å². The van der Waals surface area contributed by atoms with E-state index in [9.17, 15) is 8.42 Å². The van der Waals surface area contributed by atoms with Crippen LogP contribution < -0.4 is 11.1 Å². The Morgan fingerprint density at radius 1 is 1.00 bits per heavy atom. The van der Waals surface area contributed by atoms with Crippen molar-refractivity contribution in [2.45, 2.75) is 71.1 Å². The molecule has 0 heterocycles. The van der Waals surface area contributed by atoms with E-state index in [0.717, 1.165) is 12.8 Å². The molecule has 0 saturated carbocycles. The summed E-state index contributed by atoms with van der Waals surface area (Å²) in [6.45, 7) is 2.31. The van der Waals surface area contributed by atoms with Crippen LogP contribution in [-0.2, 0) is 14.6 Å². The van der Waals surface area contributed by atoms with Crippen molar-refractivity contribution in [3.8, 4) is 0 Å². The molecule has 0 spiro atoms. The van der Waals surface area contributed by atoms with Gasteiger partial charge < -0.3 is 10.6 Å². The van der Waals surface area contributed by atoms with Crippen LogP contribution in [0.15, 0.2) is 0 Å². The molecular formula is C16H39ClN5NaO4S. The second-order valence-corrected chi connectivity index (χ2v) is 7.30. The quantitative estimate of drug-likeness (QED) is 0.0995. The van der Waals surface area contributed by atoms with E-state index in [0.29, 0.717) is 6.42 Å². The standard InChI is InChI=1S/C12H26O4S.C4H11N5.ClH.Na.H/c1-2-3-4-5-6-7-8-9-10-11-12-16-17(13,14)15;1-9(2)4(7)8-3(5)6;;;/h2-12H2,1H3,(H,13,14,15);1-2H3,(H5,5,6,7,8);1H;;. The zero-order chi connectivity index (χ0) is 20.4. The monoisotopic (exact) mass is 455 g/mol. The number of unbranched alkanes of at least 4 members (excludes halogenated alkanes) is 9. The van der Waals surface area contributed by atoms with Gasteiger partial charge in [-0.25, -0.2) is 4.18 Å². The summed E-state index contributed by atoms with van der Waals surface area (Å²) < 4.78 is 33.0. The van der Waals surface area contributed by atoms with Gasteiger partial charge in [-0.2, -0.15) is 8.42 Å². The third-order valence-electron chi connectivity index (χ3n) is 3.43. The molecule has 0 aromatic carbocycles. The van der Waals surface area contributed by atoms with Gasteiger partial charge in [-0.15, -0.1) is 12.4 Å². The van der Waals surface area contributed by atoms with E-state index < -0.39 is 10.4 Å². The molecule has 28 heavy (non-hydrogen) atoms. The summed E-state index contributed by atoms with van der Waals surface area (Å²) in [6, 6.07) is 0. The normalized spacial score (nSPS) is 9.86. The van der Waals surface area contributed by atoms with Crippen molar-refractivity contribution in [2.75, 3.05) is 20.7 Å². The third kappa shape index (κ3) is 33.5. The number of nitrogens with zero attached hydrogens (tertiary/aromatic N) is 1. The molecule has 0 amide bonds. The van der Waals surface area contributed by atoms with E-state index in [1.54, 1.807) is 14.1 Å². The number of guanidine groups is 2. The molecule has 0 aromatic rings. The van der Waals surface area contributed by atoms with E-state index in [1.807, 2.05) is 0 Å². The number of hydrogen-bond donors (Lipinski definition) is 5. The van der Waals surface area contributed by atoms with Crippen LogP contribution >= 0.6 is 12.4 Å². The Morgan fingerprint density at radius 3 is 1.68 bits per heavy atom. The number of hydrogen-bond acceptors (Lipinski definition) is 5. The molecule has 0 aliphatic carbocycles. The zero-order valence-electron chi connectivity index (χ0n) is 16.8. The molecule has 0 aliphatic heterocycles. The van der Waals surface area contributed by atoms with E-state index in [4.69, 9.17) is 21.1 Å². The molecule has 9 nitrogen and oxygen atoms in total. The molecule has 0 unspecified atom stereocenters. The fourth-order valence-corrected chi connectivity index (χ4v) is 2.32. The maximum absolute atomic E-state index is 10.2. The Kier molecular flexibility index (Phi) is 29.3. The van der Waals surface area contributed by atoms with Gasteiger partial charge in [0.25, 0.3) is 0 Å². The van der Waals surface area contributed by atoms with E-state index in [-0.39, 0.29) is 60.5 Å². The van der Waals surface area contributed by atoms with Crippen molar-refractivity contribution in [3.63, 3.8) is 0 Å². The minimum atomic E-state index is -4.23. The van der Waals surface area contributed by atoms with Crippen LogP contribution in [0.2, 0.25) is 0 Å². The fourth-order valence-electron chi connectivity index (χ4n) is 1.99. The van der Waals surface area contributed by atoms with E-state index in [2.05, 4.69) is 16.4 Å². The Labute approximate surface area is 199 Å². The van der Waals surface area contributed by atoms with Gasteiger partial charge in [0.2, 0.25) is 0 Å². The van der Waals surface area contributed by atoms with E-state index in [1.165, 1.54) is 49.8 Å². The van der Waals surface area contributed by atoms with Crippen molar-refractivity contribution in [3.05, 3.63) is 0 Å². The number of nitrogens with two attached hydrogens (primary N) is 1. The van der Waals surface area contributed by atoms with Crippen molar-refractivity contribution in [1.82, 2.24) is 10.2 Å². The molecule has 0 aromatic heterocycles. The summed E-state index contributed by atoms with van der Waals surface area (Å²) in [5.41, 5.74) is 4.94. The predicted octanol–water partition coefficient (Wildman–Crippen LogP) is 2.47. The zero-order valence-corrected chi connectivity index (χ0v) is 18.4. The summed E-state index contributed by atoms with van der Waals surface area (Å²) >= 11 is 0. The van der Waals surface area contributed by atoms with Gasteiger partial charge in [0, 0.05) is 14.1 Å². The number of halogens is 1. The Morgan fingerprint density at radius 2 is 1.39 bits per heavy atom. The SMILES string of the molecule is CCCCCCCCCCCCOS(=O)(=O)O.CN(C)C(=N)NC(=N)N.Cl.[NaH]. The third-order valence-corrected chi connectivity index (χ3v) is 3.89. The van der Waals surface area contributed by atoms with Crippen LogP contribution in [0.1, 0.15) is 71.1 Å². The topological polar surface area (TPSA) is 153 Å². The van der Waals surface area contributed by atoms with Crippen LogP contribution in [0.25, 0.3) is 0 Å². The second-order valence-electron chi connectivity index (χ2n) is 6.21. The van der Waals surface area contributed by atoms with Crippen LogP contribution in [0.3, 0.4) is 0 Å². The molecule has 12 heteroatoms. The van der Waals surface area contributed by atoms with Crippen LogP contribution in [0.5, 0.6) is 0 Å². The molecule has 0 aliphatic rings. The summed E-state index contributed by atoms with van der Waals surface area (Å²) in [7, 11) is -0.849. The Hall–Kier alpha value is -0.100. The maximum atomic E-state index is 10.2. The number of rotatable bonds is 12. The van der Waals surface area contributed by atoms with Gasteiger partial charge in [-0.3, -0.25) is 20.7 Å². The van der Waals surface area contributed by atoms with Crippen LogP contribution in [0, 0.1) is 10.8 Å². The minimum absolute atomic E-state index is 0. The first-order valence-electron chi connectivity index (χ1n) is 9.09. The molecule has 166 valence electrons. The van der Waals surface area contributed by atoms with Crippen molar-refractivity contribution in [1.29, 1.82) is 10.8 Å². The van der Waals surface area contributed by atoms with Gasteiger partial charge >= 0.3 is 40.0 Å². The molecule has 0 saturated heterocycles. The first kappa shape index (κ1) is 35.3. The van der Waals surface area contributed by atoms with Gasteiger partial charge in [-0.1, -0.05) is 64.7 Å². The molecule has 6 N–H and O–H groups in total. The first-order chi connectivity index (χ1) is 12.1. The number of nitrogens with one attached hydrogen (secondary N) is 3. The van der Waals surface area contributed by atoms with Gasteiger partial charge in [0.15, 0.2) is 11.9 Å². The van der Waals surface area contributed by atoms with Crippen molar-refractivity contribution < 1.29 is 17.2 Å². The summed E-state index contributed by atoms with van der Waals surface area (Å²) in [4.78, 5) is 1.52. The molecule has 0 radical (unpaired) electrons. The molecule has 0 rings (SSSR count). The van der Waals surface area contributed by atoms with Crippen molar-refractivity contribution in [2.24, 2.45) is 5.73 Å². The Balaban J connectivity index is -0.000000225. The van der Waals surface area contributed by atoms with Gasteiger partial charge in [0.05, 0.1) is 6.61 Å². The molecule has 0 fully saturated rings. The fraction of sp³-hybridized carbons (Fsp3) is 0.875. The van der Waals surface area contributed by atoms with Crippen LogP contribution in [-0.4, -0.2) is 80.0 Å². The van der Waals surface area contributed by atoms with Crippen molar-refractivity contribution >= 4 is 64.3 Å². The summed E-state index contributed by atoms with van der Waals surface area (Å²) in [6.07, 6.45) is 11.9. The molecule has 0 bridgehead atoms. The van der Waals surface area contributed by atoms with E-state index >= 15 is 0 Å². The summed E-state index contributed by atoms with van der Waals surface area (Å²) in [5, 5.41) is 16.1. The second kappa shape index (κ2) is 23.2. The molecular weight excluding hydrogens is 417 g/mol. The average Bonchev–Trinajstić information content (AvgIpc) is 2.51. The average molecular weight is 456 g/mol. The van der Waals surface area contributed by atoms with Gasteiger partial charge in [-0.05, 0) is 6.42 Å². The Bertz CT molecular complexity index is 482.